The SMILES string of the molecule is CC(C)S(=O)(=O)CCC(N)Cc1ccccc1Cl. The molecule has 2 N–H and O–H groups in total. The van der Waals surface area contributed by atoms with Crippen LogP contribution in [0.4, 0.5) is 0 Å². The lowest BCUT2D eigenvalue weighted by atomic mass is 10.1. The summed E-state index contributed by atoms with van der Waals surface area (Å²) in [5.74, 6) is 0.135. The van der Waals surface area contributed by atoms with E-state index in [0.29, 0.717) is 17.9 Å². The van der Waals surface area contributed by atoms with E-state index in [1.54, 1.807) is 13.8 Å². The van der Waals surface area contributed by atoms with Gasteiger partial charge in [0, 0.05) is 11.1 Å². The van der Waals surface area contributed by atoms with E-state index < -0.39 is 9.84 Å². The van der Waals surface area contributed by atoms with Crippen molar-refractivity contribution in [2.24, 2.45) is 5.73 Å². The molecule has 0 bridgehead atoms. The van der Waals surface area contributed by atoms with Gasteiger partial charge in [0.05, 0.1) is 11.0 Å². The zero-order valence-corrected chi connectivity index (χ0v) is 12.3. The van der Waals surface area contributed by atoms with Gasteiger partial charge in [0.25, 0.3) is 0 Å². The van der Waals surface area contributed by atoms with Gasteiger partial charge in [-0.05, 0) is 38.3 Å². The summed E-state index contributed by atoms with van der Waals surface area (Å²) in [5, 5.41) is 0.338. The van der Waals surface area contributed by atoms with E-state index >= 15 is 0 Å². The van der Waals surface area contributed by atoms with Gasteiger partial charge in [-0.25, -0.2) is 8.42 Å². The molecule has 0 aliphatic carbocycles. The van der Waals surface area contributed by atoms with Gasteiger partial charge in [0.2, 0.25) is 0 Å². The normalized spacial score (nSPS) is 13.8. The second-order valence-corrected chi connectivity index (χ2v) is 7.84. The predicted octanol–water partition coefficient (Wildman–Crippen LogP) is 2.42. The number of hydrogen-bond acceptors (Lipinski definition) is 3. The van der Waals surface area contributed by atoms with Crippen LogP contribution >= 0.6 is 11.6 Å². The Kier molecular flexibility index (Phi) is 5.63. The maximum atomic E-state index is 11.7. The molecule has 0 aromatic heterocycles. The largest absolute Gasteiger partial charge is 0.327 e. The molecule has 1 aromatic carbocycles. The van der Waals surface area contributed by atoms with Crippen molar-refractivity contribution >= 4 is 21.4 Å². The first-order valence-corrected chi connectivity index (χ1v) is 8.13. The zero-order valence-electron chi connectivity index (χ0n) is 10.8. The van der Waals surface area contributed by atoms with Gasteiger partial charge in [0.1, 0.15) is 0 Å². The van der Waals surface area contributed by atoms with E-state index in [4.69, 9.17) is 17.3 Å². The standard InChI is InChI=1S/C13H20ClNO2S/c1-10(2)18(16,17)8-7-12(15)9-11-5-3-4-6-13(11)14/h3-6,10,12H,7-9,15H2,1-2H3. The Morgan fingerprint density at radius 1 is 1.28 bits per heavy atom. The van der Waals surface area contributed by atoms with Crippen LogP contribution in [0, 0.1) is 0 Å². The highest BCUT2D eigenvalue weighted by Gasteiger charge is 2.17. The summed E-state index contributed by atoms with van der Waals surface area (Å²) in [5.41, 5.74) is 6.93. The molecule has 102 valence electrons. The van der Waals surface area contributed by atoms with Crippen LogP contribution in [0.3, 0.4) is 0 Å². The number of sulfone groups is 1. The second kappa shape index (κ2) is 6.55. The number of hydrogen-bond donors (Lipinski definition) is 1. The van der Waals surface area contributed by atoms with Gasteiger partial charge < -0.3 is 5.73 Å². The molecule has 0 spiro atoms. The lowest BCUT2D eigenvalue weighted by Crippen LogP contribution is -2.28. The van der Waals surface area contributed by atoms with Gasteiger partial charge in [-0.3, -0.25) is 0 Å². The van der Waals surface area contributed by atoms with E-state index in [-0.39, 0.29) is 17.0 Å². The summed E-state index contributed by atoms with van der Waals surface area (Å²) in [6, 6.07) is 7.31. The van der Waals surface area contributed by atoms with Gasteiger partial charge in [-0.15, -0.1) is 0 Å². The summed E-state index contributed by atoms with van der Waals surface area (Å²) < 4.78 is 23.3. The Labute approximate surface area is 114 Å². The molecule has 0 amide bonds. The van der Waals surface area contributed by atoms with Crippen LogP contribution < -0.4 is 5.73 Å². The highest BCUT2D eigenvalue weighted by molar-refractivity contribution is 7.91. The van der Waals surface area contributed by atoms with E-state index in [9.17, 15) is 8.42 Å². The third-order valence-electron chi connectivity index (χ3n) is 2.93. The molecule has 0 saturated carbocycles. The Hall–Kier alpha value is -0.580. The monoisotopic (exact) mass is 289 g/mol. The molecule has 1 rings (SSSR count). The fourth-order valence-electron chi connectivity index (χ4n) is 1.60. The topological polar surface area (TPSA) is 60.2 Å². The van der Waals surface area contributed by atoms with E-state index in [2.05, 4.69) is 0 Å². The minimum absolute atomic E-state index is 0.135. The summed E-state index contributed by atoms with van der Waals surface area (Å²) in [6.07, 6.45) is 1.07. The van der Waals surface area contributed by atoms with Crippen LogP contribution in [0.2, 0.25) is 5.02 Å². The molecule has 18 heavy (non-hydrogen) atoms. The van der Waals surface area contributed by atoms with Crippen LogP contribution in [0.1, 0.15) is 25.8 Å². The molecule has 1 atom stereocenters. The molecule has 1 unspecified atom stereocenters. The molecule has 1 aromatic rings. The quantitative estimate of drug-likeness (QED) is 0.875. The summed E-state index contributed by atoms with van der Waals surface area (Å²) in [6.45, 7) is 3.38. The number of rotatable bonds is 6. The maximum absolute atomic E-state index is 11.7. The molecular formula is C13H20ClNO2S. The molecule has 0 radical (unpaired) electrons. The maximum Gasteiger partial charge on any atom is 0.152 e. The third-order valence-corrected chi connectivity index (χ3v) is 5.54. The highest BCUT2D eigenvalue weighted by Crippen LogP contribution is 2.17. The average Bonchev–Trinajstić information content (AvgIpc) is 2.29. The minimum atomic E-state index is -3.01. The second-order valence-electron chi connectivity index (χ2n) is 4.76. The van der Waals surface area contributed by atoms with Gasteiger partial charge >= 0.3 is 0 Å². The number of halogens is 1. The van der Waals surface area contributed by atoms with Crippen LogP contribution in [0.5, 0.6) is 0 Å². The Morgan fingerprint density at radius 2 is 1.89 bits per heavy atom. The molecule has 0 aliphatic heterocycles. The van der Waals surface area contributed by atoms with Gasteiger partial charge in [-0.2, -0.15) is 0 Å². The zero-order chi connectivity index (χ0) is 13.8. The Bertz CT molecular complexity index is 486. The molecule has 0 aliphatic rings. The smallest absolute Gasteiger partial charge is 0.152 e. The van der Waals surface area contributed by atoms with Crippen LogP contribution in [0.15, 0.2) is 24.3 Å². The summed E-state index contributed by atoms with van der Waals surface area (Å²) in [7, 11) is -3.01. The lowest BCUT2D eigenvalue weighted by molar-refractivity contribution is 0.573. The Morgan fingerprint density at radius 3 is 2.44 bits per heavy atom. The fraction of sp³-hybridized carbons (Fsp3) is 0.538. The van der Waals surface area contributed by atoms with Crippen molar-refractivity contribution in [1.29, 1.82) is 0 Å². The van der Waals surface area contributed by atoms with E-state index in [0.717, 1.165) is 5.56 Å². The Balaban J connectivity index is 2.53. The van der Waals surface area contributed by atoms with Crippen molar-refractivity contribution in [2.75, 3.05) is 5.75 Å². The van der Waals surface area contributed by atoms with E-state index in [1.165, 1.54) is 0 Å². The third kappa shape index (κ3) is 4.59. The van der Waals surface area contributed by atoms with Crippen LogP contribution in [-0.2, 0) is 16.3 Å². The van der Waals surface area contributed by atoms with Crippen molar-refractivity contribution in [3.8, 4) is 0 Å². The van der Waals surface area contributed by atoms with Crippen molar-refractivity contribution in [3.05, 3.63) is 34.9 Å². The van der Waals surface area contributed by atoms with Crippen molar-refractivity contribution < 1.29 is 8.42 Å². The van der Waals surface area contributed by atoms with Crippen molar-refractivity contribution in [3.63, 3.8) is 0 Å². The summed E-state index contributed by atoms with van der Waals surface area (Å²) >= 11 is 6.04. The first-order valence-electron chi connectivity index (χ1n) is 6.03. The van der Waals surface area contributed by atoms with Crippen LogP contribution in [0.25, 0.3) is 0 Å². The molecule has 3 nitrogen and oxygen atoms in total. The number of nitrogens with two attached hydrogens (primary N) is 1. The van der Waals surface area contributed by atoms with Gasteiger partial charge in [-0.1, -0.05) is 29.8 Å². The average molecular weight is 290 g/mol. The number of benzene rings is 1. The first-order chi connectivity index (χ1) is 8.33. The molecule has 5 heteroatoms. The molecule has 0 heterocycles. The lowest BCUT2D eigenvalue weighted by Gasteiger charge is -2.14. The highest BCUT2D eigenvalue weighted by atomic mass is 35.5. The summed E-state index contributed by atoms with van der Waals surface area (Å²) in [4.78, 5) is 0. The predicted molar refractivity (Wildman–Crippen MR) is 76.7 cm³/mol. The van der Waals surface area contributed by atoms with Gasteiger partial charge in [0.15, 0.2) is 9.84 Å². The van der Waals surface area contributed by atoms with Crippen LogP contribution in [-0.4, -0.2) is 25.5 Å². The first kappa shape index (κ1) is 15.5. The van der Waals surface area contributed by atoms with Crippen molar-refractivity contribution in [2.45, 2.75) is 38.0 Å². The molecule has 0 saturated heterocycles. The minimum Gasteiger partial charge on any atom is -0.327 e. The fourth-order valence-corrected chi connectivity index (χ4v) is 2.92. The van der Waals surface area contributed by atoms with E-state index in [1.807, 2.05) is 24.3 Å². The molecular weight excluding hydrogens is 270 g/mol. The molecule has 0 fully saturated rings. The van der Waals surface area contributed by atoms with Crippen molar-refractivity contribution in [1.82, 2.24) is 0 Å².